The van der Waals surface area contributed by atoms with Gasteiger partial charge in [-0.1, -0.05) is 11.6 Å². The molecule has 0 amide bonds. The van der Waals surface area contributed by atoms with Crippen LogP contribution in [0.4, 0.5) is 13.2 Å². The molecule has 0 saturated heterocycles. The zero-order valence-electron chi connectivity index (χ0n) is 8.51. The van der Waals surface area contributed by atoms with Gasteiger partial charge in [0.1, 0.15) is 17.2 Å². The average molecular weight is 274 g/mol. The molecule has 0 radical (unpaired) electrons. The predicted octanol–water partition coefficient (Wildman–Crippen LogP) is 3.34. The number of hydrogen-bond donors (Lipinski definition) is 0. The number of benzene rings is 1. The molecule has 0 bridgehead atoms. The van der Waals surface area contributed by atoms with Gasteiger partial charge in [0.25, 0.3) is 0 Å². The Morgan fingerprint density at radius 2 is 2.00 bits per heavy atom. The lowest BCUT2D eigenvalue weighted by Gasteiger charge is -2.08. The quantitative estimate of drug-likeness (QED) is 0.740. The fourth-order valence-corrected chi connectivity index (χ4v) is 1.64. The van der Waals surface area contributed by atoms with Gasteiger partial charge in [-0.05, 0) is 18.2 Å². The van der Waals surface area contributed by atoms with Crippen molar-refractivity contribution in [2.45, 2.75) is 6.18 Å². The van der Waals surface area contributed by atoms with E-state index < -0.39 is 22.9 Å². The predicted molar refractivity (Wildman–Crippen MR) is 57.2 cm³/mol. The van der Waals surface area contributed by atoms with Crippen molar-refractivity contribution in [3.05, 3.63) is 44.8 Å². The van der Waals surface area contributed by atoms with Gasteiger partial charge in [-0.25, -0.2) is 0 Å². The SMILES string of the molecule is N#Cc1c(C(F)(F)F)oc2ccc(Cl)cc2c1=O. The number of halogens is 4. The van der Waals surface area contributed by atoms with E-state index in [0.29, 0.717) is 0 Å². The van der Waals surface area contributed by atoms with E-state index in [1.165, 1.54) is 12.1 Å². The Morgan fingerprint density at radius 3 is 2.56 bits per heavy atom. The molecule has 3 nitrogen and oxygen atoms in total. The van der Waals surface area contributed by atoms with Crippen molar-refractivity contribution in [2.75, 3.05) is 0 Å². The van der Waals surface area contributed by atoms with Crippen LogP contribution in [0.3, 0.4) is 0 Å². The highest BCUT2D eigenvalue weighted by molar-refractivity contribution is 6.31. The molecule has 0 aliphatic carbocycles. The summed E-state index contributed by atoms with van der Waals surface area (Å²) < 4.78 is 42.4. The van der Waals surface area contributed by atoms with Crippen molar-refractivity contribution in [1.29, 1.82) is 5.26 Å². The van der Waals surface area contributed by atoms with Crippen LogP contribution in [-0.2, 0) is 6.18 Å². The summed E-state index contributed by atoms with van der Waals surface area (Å²) in [6.45, 7) is 0. The summed E-state index contributed by atoms with van der Waals surface area (Å²) in [6.07, 6.45) is -4.90. The summed E-state index contributed by atoms with van der Waals surface area (Å²) in [6, 6.07) is 4.81. The van der Waals surface area contributed by atoms with Crippen molar-refractivity contribution in [3.63, 3.8) is 0 Å². The molecule has 0 saturated carbocycles. The molecule has 0 atom stereocenters. The summed E-state index contributed by atoms with van der Waals surface area (Å²) >= 11 is 5.63. The average Bonchev–Trinajstić information content (AvgIpc) is 2.28. The van der Waals surface area contributed by atoms with E-state index in [9.17, 15) is 18.0 Å². The van der Waals surface area contributed by atoms with Crippen LogP contribution in [0.15, 0.2) is 27.4 Å². The first-order valence-corrected chi connectivity index (χ1v) is 4.96. The Hall–Kier alpha value is -2.00. The highest BCUT2D eigenvalue weighted by Crippen LogP contribution is 2.32. The zero-order valence-corrected chi connectivity index (χ0v) is 9.26. The second kappa shape index (κ2) is 4.03. The van der Waals surface area contributed by atoms with Gasteiger partial charge in [-0.3, -0.25) is 4.79 Å². The molecule has 1 aromatic heterocycles. The van der Waals surface area contributed by atoms with Crippen LogP contribution in [0.25, 0.3) is 11.0 Å². The molecule has 0 N–H and O–H groups in total. The first-order chi connectivity index (χ1) is 8.34. The molecule has 0 aliphatic heterocycles. The molecule has 0 fully saturated rings. The number of rotatable bonds is 0. The highest BCUT2D eigenvalue weighted by atomic mass is 35.5. The molecule has 1 aromatic carbocycles. The molecule has 1 heterocycles. The standard InChI is InChI=1S/C11H3ClF3NO2/c12-5-1-2-8-6(3-5)9(17)7(4-16)10(18-8)11(13,14)15/h1-3H. The van der Waals surface area contributed by atoms with Crippen LogP contribution < -0.4 is 5.43 Å². The van der Waals surface area contributed by atoms with Crippen LogP contribution in [0.1, 0.15) is 11.3 Å². The first-order valence-electron chi connectivity index (χ1n) is 4.58. The molecular weight excluding hydrogens is 271 g/mol. The van der Waals surface area contributed by atoms with E-state index in [4.69, 9.17) is 16.9 Å². The second-order valence-electron chi connectivity index (χ2n) is 3.39. The van der Waals surface area contributed by atoms with Gasteiger partial charge in [0, 0.05) is 5.02 Å². The maximum Gasteiger partial charge on any atom is 0.451 e. The number of nitriles is 1. The molecular formula is C11H3ClF3NO2. The molecule has 0 aliphatic rings. The van der Waals surface area contributed by atoms with Gasteiger partial charge in [0.2, 0.25) is 11.2 Å². The summed E-state index contributed by atoms with van der Waals surface area (Å²) in [5.41, 5.74) is -2.39. The van der Waals surface area contributed by atoms with Crippen molar-refractivity contribution in [2.24, 2.45) is 0 Å². The minimum atomic E-state index is -4.90. The Labute approximate surface area is 103 Å². The lowest BCUT2D eigenvalue weighted by Crippen LogP contribution is -2.16. The molecule has 2 rings (SSSR count). The lowest BCUT2D eigenvalue weighted by molar-refractivity contribution is -0.153. The van der Waals surface area contributed by atoms with Gasteiger partial charge >= 0.3 is 6.18 Å². The molecule has 7 heteroatoms. The van der Waals surface area contributed by atoms with Gasteiger partial charge in [-0.15, -0.1) is 0 Å². The Kier molecular flexibility index (Phi) is 2.79. The third-order valence-corrected chi connectivity index (χ3v) is 2.46. The smallest absolute Gasteiger partial charge is 0.450 e. The number of nitrogens with zero attached hydrogens (tertiary/aromatic N) is 1. The van der Waals surface area contributed by atoms with E-state index in [1.807, 2.05) is 0 Å². The third kappa shape index (κ3) is 1.93. The summed E-state index contributed by atoms with van der Waals surface area (Å²) in [5.74, 6) is -1.59. The number of hydrogen-bond acceptors (Lipinski definition) is 3. The third-order valence-electron chi connectivity index (χ3n) is 2.22. The van der Waals surface area contributed by atoms with E-state index in [0.717, 1.165) is 12.1 Å². The van der Waals surface area contributed by atoms with E-state index in [2.05, 4.69) is 4.42 Å². The van der Waals surface area contributed by atoms with Gasteiger partial charge < -0.3 is 4.42 Å². The second-order valence-corrected chi connectivity index (χ2v) is 3.82. The maximum atomic E-state index is 12.6. The van der Waals surface area contributed by atoms with Crippen LogP contribution in [0.2, 0.25) is 5.02 Å². The van der Waals surface area contributed by atoms with Crippen molar-refractivity contribution in [1.82, 2.24) is 0 Å². The topological polar surface area (TPSA) is 54.0 Å². The highest BCUT2D eigenvalue weighted by Gasteiger charge is 2.39. The van der Waals surface area contributed by atoms with Crippen molar-refractivity contribution in [3.8, 4) is 6.07 Å². The summed E-state index contributed by atoms with van der Waals surface area (Å²) in [4.78, 5) is 11.7. The van der Waals surface area contributed by atoms with E-state index in [-0.39, 0.29) is 16.0 Å². The van der Waals surface area contributed by atoms with E-state index >= 15 is 0 Å². The minimum absolute atomic E-state index is 0.160. The Morgan fingerprint density at radius 1 is 1.33 bits per heavy atom. The molecule has 0 unspecified atom stereocenters. The number of fused-ring (bicyclic) bond motifs is 1. The van der Waals surface area contributed by atoms with Gasteiger partial charge in [-0.2, -0.15) is 18.4 Å². The zero-order chi connectivity index (χ0) is 13.5. The molecule has 0 spiro atoms. The first kappa shape index (κ1) is 12.5. The fraction of sp³-hybridized carbons (Fsp3) is 0.0909. The van der Waals surface area contributed by atoms with Gasteiger partial charge in [0.05, 0.1) is 5.39 Å². The largest absolute Gasteiger partial charge is 0.451 e. The monoisotopic (exact) mass is 273 g/mol. The van der Waals surface area contributed by atoms with Crippen molar-refractivity contribution >= 4 is 22.6 Å². The van der Waals surface area contributed by atoms with E-state index in [1.54, 1.807) is 0 Å². The summed E-state index contributed by atoms with van der Waals surface area (Å²) in [7, 11) is 0. The van der Waals surface area contributed by atoms with Crippen molar-refractivity contribution < 1.29 is 17.6 Å². The maximum absolute atomic E-state index is 12.6. The van der Waals surface area contributed by atoms with Crippen LogP contribution in [-0.4, -0.2) is 0 Å². The van der Waals surface area contributed by atoms with Crippen LogP contribution in [0.5, 0.6) is 0 Å². The van der Waals surface area contributed by atoms with Crippen LogP contribution >= 0.6 is 11.6 Å². The molecule has 92 valence electrons. The molecule has 2 aromatic rings. The fourth-order valence-electron chi connectivity index (χ4n) is 1.47. The lowest BCUT2D eigenvalue weighted by atomic mass is 10.1. The normalized spacial score (nSPS) is 11.5. The Balaban J connectivity index is 2.97. The number of alkyl halides is 3. The Bertz CT molecular complexity index is 728. The summed E-state index contributed by atoms with van der Waals surface area (Å²) in [5, 5.41) is 8.65. The van der Waals surface area contributed by atoms with Crippen LogP contribution in [0, 0.1) is 11.3 Å². The molecule has 18 heavy (non-hydrogen) atoms. The van der Waals surface area contributed by atoms with Gasteiger partial charge in [0.15, 0.2) is 0 Å². The minimum Gasteiger partial charge on any atom is -0.450 e.